The number of hydrogen-bond donors (Lipinski definition) is 4. The predicted molar refractivity (Wildman–Crippen MR) is 44.6 cm³/mol. The summed E-state index contributed by atoms with van der Waals surface area (Å²) >= 11 is 0. The van der Waals surface area contributed by atoms with Crippen molar-refractivity contribution in [1.82, 2.24) is 5.32 Å². The first-order valence-corrected chi connectivity index (χ1v) is 4.12. The molecule has 0 amide bonds. The van der Waals surface area contributed by atoms with Crippen LogP contribution in [-0.2, 0) is 0 Å². The molecule has 0 radical (unpaired) electrons. The standard InChI is InChI=1S/C8H15NO3/c10-5-6-8(12)7(11)3-1-2-4-9-6/h1,3,6-12H,2,4-5H2/b3-1-/t6-,7+,8-/m0/s1. The highest BCUT2D eigenvalue weighted by molar-refractivity contribution is 4.98. The minimum absolute atomic E-state index is 0.161. The maximum atomic E-state index is 9.42. The van der Waals surface area contributed by atoms with E-state index in [0.717, 1.165) is 6.42 Å². The zero-order valence-corrected chi connectivity index (χ0v) is 6.85. The Morgan fingerprint density at radius 2 is 2.17 bits per heavy atom. The van der Waals surface area contributed by atoms with Crippen LogP contribution in [0.3, 0.4) is 0 Å². The zero-order chi connectivity index (χ0) is 8.97. The van der Waals surface area contributed by atoms with Crippen LogP contribution in [0.1, 0.15) is 6.42 Å². The Morgan fingerprint density at radius 1 is 1.42 bits per heavy atom. The first-order chi connectivity index (χ1) is 5.75. The van der Waals surface area contributed by atoms with Gasteiger partial charge in [0, 0.05) is 0 Å². The van der Waals surface area contributed by atoms with Crippen molar-refractivity contribution in [3.8, 4) is 0 Å². The van der Waals surface area contributed by atoms with Gasteiger partial charge < -0.3 is 20.6 Å². The van der Waals surface area contributed by atoms with Crippen molar-refractivity contribution in [2.45, 2.75) is 24.7 Å². The Bertz CT molecular complexity index is 160. The monoisotopic (exact) mass is 173 g/mol. The van der Waals surface area contributed by atoms with Gasteiger partial charge in [-0.25, -0.2) is 0 Å². The SMILES string of the molecule is OC[C@@H]1NCC/C=C\[C@@H](O)[C@H]1O. The van der Waals surface area contributed by atoms with E-state index in [2.05, 4.69) is 5.32 Å². The lowest BCUT2D eigenvalue weighted by molar-refractivity contribution is 0.00539. The largest absolute Gasteiger partial charge is 0.395 e. The highest BCUT2D eigenvalue weighted by Crippen LogP contribution is 2.05. The van der Waals surface area contributed by atoms with Crippen molar-refractivity contribution in [2.75, 3.05) is 13.2 Å². The van der Waals surface area contributed by atoms with Crippen LogP contribution < -0.4 is 5.32 Å². The molecule has 0 aliphatic carbocycles. The first kappa shape index (κ1) is 9.67. The molecule has 1 rings (SSSR count). The molecule has 0 aromatic heterocycles. The van der Waals surface area contributed by atoms with Gasteiger partial charge in [-0.3, -0.25) is 0 Å². The zero-order valence-electron chi connectivity index (χ0n) is 6.85. The van der Waals surface area contributed by atoms with E-state index in [0.29, 0.717) is 6.54 Å². The molecule has 0 aromatic rings. The van der Waals surface area contributed by atoms with Crippen molar-refractivity contribution in [1.29, 1.82) is 0 Å². The summed E-state index contributed by atoms with van der Waals surface area (Å²) < 4.78 is 0. The van der Waals surface area contributed by atoms with E-state index >= 15 is 0 Å². The fourth-order valence-corrected chi connectivity index (χ4v) is 1.23. The van der Waals surface area contributed by atoms with Gasteiger partial charge in [-0.2, -0.15) is 0 Å². The smallest absolute Gasteiger partial charge is 0.101 e. The third-order valence-corrected chi connectivity index (χ3v) is 2.01. The average Bonchev–Trinajstić information content (AvgIpc) is 2.07. The number of rotatable bonds is 1. The van der Waals surface area contributed by atoms with E-state index in [-0.39, 0.29) is 6.61 Å². The third-order valence-electron chi connectivity index (χ3n) is 2.01. The lowest BCUT2D eigenvalue weighted by Crippen LogP contribution is -2.49. The summed E-state index contributed by atoms with van der Waals surface area (Å²) in [7, 11) is 0. The van der Waals surface area contributed by atoms with Crippen LogP contribution >= 0.6 is 0 Å². The van der Waals surface area contributed by atoms with Crippen LogP contribution in [0.25, 0.3) is 0 Å². The first-order valence-electron chi connectivity index (χ1n) is 4.12. The van der Waals surface area contributed by atoms with E-state index in [9.17, 15) is 10.2 Å². The Morgan fingerprint density at radius 3 is 2.83 bits per heavy atom. The summed E-state index contributed by atoms with van der Waals surface area (Å²) in [5, 5.41) is 30.5. The van der Waals surface area contributed by atoms with Crippen molar-refractivity contribution >= 4 is 0 Å². The van der Waals surface area contributed by atoms with Gasteiger partial charge in [0.15, 0.2) is 0 Å². The quantitative estimate of drug-likeness (QED) is 0.369. The van der Waals surface area contributed by atoms with E-state index in [4.69, 9.17) is 5.11 Å². The van der Waals surface area contributed by atoms with Gasteiger partial charge in [0.2, 0.25) is 0 Å². The summed E-state index contributed by atoms with van der Waals surface area (Å²) in [5.41, 5.74) is 0. The van der Waals surface area contributed by atoms with Crippen molar-refractivity contribution in [3.05, 3.63) is 12.2 Å². The van der Waals surface area contributed by atoms with Gasteiger partial charge in [0.25, 0.3) is 0 Å². The molecule has 4 heteroatoms. The highest BCUT2D eigenvalue weighted by Gasteiger charge is 2.24. The number of hydrogen-bond acceptors (Lipinski definition) is 4. The van der Waals surface area contributed by atoms with Crippen LogP contribution in [0.4, 0.5) is 0 Å². The van der Waals surface area contributed by atoms with Gasteiger partial charge in [0.1, 0.15) is 6.10 Å². The van der Waals surface area contributed by atoms with Gasteiger partial charge in [-0.05, 0) is 13.0 Å². The second-order valence-electron chi connectivity index (χ2n) is 2.94. The number of aliphatic hydroxyl groups is 3. The summed E-state index contributed by atoms with van der Waals surface area (Å²) in [6.07, 6.45) is 2.38. The molecule has 0 aromatic carbocycles. The summed E-state index contributed by atoms with van der Waals surface area (Å²) in [6, 6.07) is -0.426. The minimum Gasteiger partial charge on any atom is -0.395 e. The molecule has 1 aliphatic rings. The molecular formula is C8H15NO3. The van der Waals surface area contributed by atoms with E-state index in [1.807, 2.05) is 6.08 Å². The molecule has 0 fully saturated rings. The number of nitrogens with one attached hydrogen (secondary N) is 1. The second kappa shape index (κ2) is 4.57. The molecule has 0 unspecified atom stereocenters. The maximum absolute atomic E-state index is 9.42. The molecule has 4 N–H and O–H groups in total. The van der Waals surface area contributed by atoms with Crippen LogP contribution in [0.15, 0.2) is 12.2 Å². The molecule has 4 nitrogen and oxygen atoms in total. The fourth-order valence-electron chi connectivity index (χ4n) is 1.23. The van der Waals surface area contributed by atoms with Crippen LogP contribution in [0, 0.1) is 0 Å². The summed E-state index contributed by atoms with van der Waals surface area (Å²) in [5.74, 6) is 0. The van der Waals surface area contributed by atoms with Gasteiger partial charge >= 0.3 is 0 Å². The van der Waals surface area contributed by atoms with Crippen molar-refractivity contribution < 1.29 is 15.3 Å². The molecule has 1 aliphatic heterocycles. The topological polar surface area (TPSA) is 72.7 Å². The minimum atomic E-state index is -0.924. The molecule has 0 bridgehead atoms. The van der Waals surface area contributed by atoms with E-state index < -0.39 is 18.2 Å². The molecule has 0 spiro atoms. The second-order valence-corrected chi connectivity index (χ2v) is 2.94. The Labute approximate surface area is 71.5 Å². The normalized spacial score (nSPS) is 40.1. The third kappa shape index (κ3) is 2.28. The van der Waals surface area contributed by atoms with Gasteiger partial charge in [-0.15, -0.1) is 0 Å². The Hall–Kier alpha value is -0.420. The Kier molecular flexibility index (Phi) is 3.68. The molecule has 3 atom stereocenters. The van der Waals surface area contributed by atoms with E-state index in [1.54, 1.807) is 6.08 Å². The van der Waals surface area contributed by atoms with E-state index in [1.165, 1.54) is 0 Å². The molecule has 0 saturated carbocycles. The lowest BCUT2D eigenvalue weighted by Gasteiger charge is -2.26. The van der Waals surface area contributed by atoms with Crippen molar-refractivity contribution in [2.24, 2.45) is 0 Å². The molecule has 12 heavy (non-hydrogen) atoms. The van der Waals surface area contributed by atoms with Crippen LogP contribution in [0.2, 0.25) is 0 Å². The Balaban J connectivity index is 2.59. The fraction of sp³-hybridized carbons (Fsp3) is 0.750. The van der Waals surface area contributed by atoms with Crippen LogP contribution in [0.5, 0.6) is 0 Å². The van der Waals surface area contributed by atoms with Gasteiger partial charge in [0.05, 0.1) is 18.8 Å². The lowest BCUT2D eigenvalue weighted by atomic mass is 10.0. The summed E-state index contributed by atoms with van der Waals surface area (Å²) in [4.78, 5) is 0. The average molecular weight is 173 g/mol. The molecule has 0 saturated heterocycles. The molecule has 1 heterocycles. The predicted octanol–water partition coefficient (Wildman–Crippen LogP) is -1.38. The van der Waals surface area contributed by atoms with Gasteiger partial charge in [-0.1, -0.05) is 12.2 Å². The summed E-state index contributed by atoms with van der Waals surface area (Å²) in [6.45, 7) is 0.553. The highest BCUT2D eigenvalue weighted by atomic mass is 16.3. The maximum Gasteiger partial charge on any atom is 0.101 e. The molecule has 70 valence electrons. The molecular weight excluding hydrogens is 158 g/mol. The number of aliphatic hydroxyl groups excluding tert-OH is 3. The van der Waals surface area contributed by atoms with Crippen LogP contribution in [-0.4, -0.2) is 46.7 Å². The van der Waals surface area contributed by atoms with Crippen molar-refractivity contribution in [3.63, 3.8) is 0 Å².